The van der Waals surface area contributed by atoms with Crippen LogP contribution in [-0.4, -0.2) is 15.0 Å². The van der Waals surface area contributed by atoms with Crippen LogP contribution in [0.25, 0.3) is 11.0 Å². The van der Waals surface area contributed by atoms with Crippen molar-refractivity contribution < 1.29 is 0 Å². The summed E-state index contributed by atoms with van der Waals surface area (Å²) >= 11 is 0. The van der Waals surface area contributed by atoms with Crippen LogP contribution >= 0.6 is 0 Å². The predicted molar refractivity (Wildman–Crippen MR) is 42.7 cm³/mol. The van der Waals surface area contributed by atoms with Crippen molar-refractivity contribution in [1.29, 1.82) is 0 Å². The number of imidazole rings is 1. The van der Waals surface area contributed by atoms with Gasteiger partial charge in [0, 0.05) is 6.20 Å². The lowest BCUT2D eigenvalue weighted by Crippen LogP contribution is -1.90. The average molecular weight is 149 g/mol. The number of nitrogens with zero attached hydrogens (tertiary/aromatic N) is 2. The maximum absolute atomic E-state index is 5.52. The second kappa shape index (κ2) is 1.85. The fraction of sp³-hybridized carbons (Fsp3) is 0. The van der Waals surface area contributed by atoms with Gasteiger partial charge in [-0.15, -0.1) is 0 Å². The Morgan fingerprint density at radius 2 is 2.18 bits per heavy atom. The lowest BCUT2D eigenvalue weighted by Gasteiger charge is -1.89. The highest BCUT2D eigenvalue weighted by molar-refractivity contribution is 5.85. The SMILES string of the molecule is Nc1nc2c(N)nccc2[nH]1. The zero-order valence-electron chi connectivity index (χ0n) is 5.70. The third kappa shape index (κ3) is 0.778. The second-order valence-corrected chi connectivity index (χ2v) is 2.21. The number of nitrogen functional groups attached to an aromatic ring is 2. The van der Waals surface area contributed by atoms with E-state index in [-0.39, 0.29) is 0 Å². The van der Waals surface area contributed by atoms with Gasteiger partial charge in [0.25, 0.3) is 0 Å². The van der Waals surface area contributed by atoms with Crippen LogP contribution in [0.15, 0.2) is 12.3 Å². The molecule has 2 rings (SSSR count). The molecule has 0 aromatic carbocycles. The van der Waals surface area contributed by atoms with Crippen LogP contribution in [0, 0.1) is 0 Å². The smallest absolute Gasteiger partial charge is 0.198 e. The molecule has 0 bridgehead atoms. The van der Waals surface area contributed by atoms with Gasteiger partial charge < -0.3 is 16.5 Å². The third-order valence-corrected chi connectivity index (χ3v) is 1.45. The second-order valence-electron chi connectivity index (χ2n) is 2.21. The topological polar surface area (TPSA) is 93.6 Å². The van der Waals surface area contributed by atoms with Crippen molar-refractivity contribution in [3.05, 3.63) is 12.3 Å². The lowest BCUT2D eigenvalue weighted by atomic mass is 10.4. The first-order chi connectivity index (χ1) is 5.27. The molecule has 2 aromatic heterocycles. The van der Waals surface area contributed by atoms with Gasteiger partial charge >= 0.3 is 0 Å². The highest BCUT2D eigenvalue weighted by Crippen LogP contribution is 2.15. The molecular weight excluding hydrogens is 142 g/mol. The van der Waals surface area contributed by atoms with Crippen LogP contribution < -0.4 is 11.5 Å². The summed E-state index contributed by atoms with van der Waals surface area (Å²) in [6, 6.07) is 1.77. The number of H-pyrrole nitrogens is 1. The van der Waals surface area contributed by atoms with Gasteiger partial charge in [-0.3, -0.25) is 0 Å². The minimum atomic E-state index is 0.361. The minimum absolute atomic E-state index is 0.361. The largest absolute Gasteiger partial charge is 0.382 e. The van der Waals surface area contributed by atoms with Gasteiger partial charge in [-0.2, -0.15) is 0 Å². The van der Waals surface area contributed by atoms with Crippen molar-refractivity contribution in [2.45, 2.75) is 0 Å². The van der Waals surface area contributed by atoms with Crippen LogP contribution in [0.3, 0.4) is 0 Å². The monoisotopic (exact) mass is 149 g/mol. The zero-order valence-corrected chi connectivity index (χ0v) is 5.70. The van der Waals surface area contributed by atoms with Crippen LogP contribution in [0.1, 0.15) is 0 Å². The minimum Gasteiger partial charge on any atom is -0.382 e. The Morgan fingerprint density at radius 1 is 1.36 bits per heavy atom. The molecule has 0 fully saturated rings. The van der Waals surface area contributed by atoms with Crippen LogP contribution in [0.5, 0.6) is 0 Å². The molecule has 2 aromatic rings. The van der Waals surface area contributed by atoms with E-state index in [4.69, 9.17) is 11.5 Å². The number of pyridine rings is 1. The van der Waals surface area contributed by atoms with E-state index < -0.39 is 0 Å². The summed E-state index contributed by atoms with van der Waals surface area (Å²) in [5, 5.41) is 0. The van der Waals surface area contributed by atoms with Crippen LogP contribution in [0.2, 0.25) is 0 Å². The van der Waals surface area contributed by atoms with Crippen molar-refractivity contribution in [2.75, 3.05) is 11.5 Å². The Morgan fingerprint density at radius 3 is 2.91 bits per heavy atom. The zero-order chi connectivity index (χ0) is 7.84. The molecule has 0 radical (unpaired) electrons. The molecule has 5 nitrogen and oxygen atoms in total. The van der Waals surface area contributed by atoms with Crippen molar-refractivity contribution in [3.8, 4) is 0 Å². The normalized spacial score (nSPS) is 10.5. The Balaban J connectivity index is 2.90. The number of hydrogen-bond acceptors (Lipinski definition) is 4. The van der Waals surface area contributed by atoms with E-state index in [0.29, 0.717) is 17.3 Å². The number of fused-ring (bicyclic) bond motifs is 1. The van der Waals surface area contributed by atoms with Gasteiger partial charge in [0.2, 0.25) is 0 Å². The molecule has 0 saturated carbocycles. The van der Waals surface area contributed by atoms with Crippen molar-refractivity contribution in [3.63, 3.8) is 0 Å². The maximum atomic E-state index is 5.52. The molecule has 0 aliphatic rings. The fourth-order valence-electron chi connectivity index (χ4n) is 0.975. The molecule has 0 unspecified atom stereocenters. The van der Waals surface area contributed by atoms with Crippen LogP contribution in [0.4, 0.5) is 11.8 Å². The highest BCUT2D eigenvalue weighted by atomic mass is 15.0. The van der Waals surface area contributed by atoms with E-state index in [0.717, 1.165) is 5.52 Å². The van der Waals surface area contributed by atoms with Gasteiger partial charge in [-0.1, -0.05) is 0 Å². The molecule has 0 aliphatic carbocycles. The van der Waals surface area contributed by atoms with Crippen molar-refractivity contribution in [2.24, 2.45) is 0 Å². The maximum Gasteiger partial charge on any atom is 0.198 e. The van der Waals surface area contributed by atoms with E-state index in [1.807, 2.05) is 0 Å². The van der Waals surface area contributed by atoms with Gasteiger partial charge in [0.15, 0.2) is 11.8 Å². The number of anilines is 2. The van der Waals surface area contributed by atoms with Gasteiger partial charge in [0.1, 0.15) is 5.52 Å². The first-order valence-electron chi connectivity index (χ1n) is 3.13. The Bertz CT molecular complexity index is 391. The van der Waals surface area contributed by atoms with E-state index in [9.17, 15) is 0 Å². The highest BCUT2D eigenvalue weighted by Gasteiger charge is 2.01. The van der Waals surface area contributed by atoms with E-state index >= 15 is 0 Å². The average Bonchev–Trinajstić information content (AvgIpc) is 2.31. The summed E-state index contributed by atoms with van der Waals surface area (Å²) in [4.78, 5) is 10.7. The Labute approximate surface area is 62.4 Å². The third-order valence-electron chi connectivity index (χ3n) is 1.45. The summed E-state index contributed by atoms with van der Waals surface area (Å²) in [7, 11) is 0. The number of hydrogen-bond donors (Lipinski definition) is 3. The first kappa shape index (κ1) is 5.96. The Kier molecular flexibility index (Phi) is 1.00. The number of nitrogens with two attached hydrogens (primary N) is 2. The fourth-order valence-corrected chi connectivity index (χ4v) is 0.975. The number of aromatic nitrogens is 3. The van der Waals surface area contributed by atoms with Gasteiger partial charge in [0.05, 0.1) is 5.52 Å². The van der Waals surface area contributed by atoms with E-state index in [1.54, 1.807) is 12.3 Å². The summed E-state index contributed by atoms with van der Waals surface area (Å²) < 4.78 is 0. The quantitative estimate of drug-likeness (QED) is 0.496. The predicted octanol–water partition coefficient (Wildman–Crippen LogP) is 0.122. The molecular formula is C6H7N5. The van der Waals surface area contributed by atoms with E-state index in [2.05, 4.69) is 15.0 Å². The molecule has 0 aliphatic heterocycles. The molecule has 56 valence electrons. The first-order valence-corrected chi connectivity index (χ1v) is 3.13. The molecule has 11 heavy (non-hydrogen) atoms. The number of aromatic amines is 1. The van der Waals surface area contributed by atoms with Gasteiger partial charge in [-0.05, 0) is 6.07 Å². The summed E-state index contributed by atoms with van der Waals surface area (Å²) in [6.07, 6.45) is 1.61. The van der Waals surface area contributed by atoms with Crippen molar-refractivity contribution >= 4 is 22.8 Å². The van der Waals surface area contributed by atoms with E-state index in [1.165, 1.54) is 0 Å². The molecule has 5 N–H and O–H groups in total. The molecule has 0 amide bonds. The number of rotatable bonds is 0. The molecule has 0 spiro atoms. The summed E-state index contributed by atoms with van der Waals surface area (Å²) in [6.45, 7) is 0. The van der Waals surface area contributed by atoms with Crippen LogP contribution in [-0.2, 0) is 0 Å². The van der Waals surface area contributed by atoms with Gasteiger partial charge in [-0.25, -0.2) is 9.97 Å². The Hall–Kier alpha value is -1.78. The lowest BCUT2D eigenvalue weighted by molar-refractivity contribution is 1.34. The summed E-state index contributed by atoms with van der Waals surface area (Å²) in [5.74, 6) is 0.759. The molecule has 2 heterocycles. The molecule has 0 saturated heterocycles. The standard InChI is InChI=1S/C6H7N5/c7-5-4-3(1-2-9-5)10-6(8)11-4/h1-2H,(H2,7,9)(H3,8,10,11). The molecule has 5 heteroatoms. The number of nitrogens with one attached hydrogen (secondary N) is 1. The summed E-state index contributed by atoms with van der Waals surface area (Å²) in [5.41, 5.74) is 12.4. The van der Waals surface area contributed by atoms with Crippen molar-refractivity contribution in [1.82, 2.24) is 15.0 Å². The molecule has 0 atom stereocenters.